The molecule has 2 N–H and O–H groups in total. The Hall–Kier alpha value is -0.960. The van der Waals surface area contributed by atoms with E-state index in [2.05, 4.69) is 4.72 Å². The molecule has 0 radical (unpaired) electrons. The van der Waals surface area contributed by atoms with Crippen molar-refractivity contribution in [2.75, 3.05) is 19.6 Å². The first-order chi connectivity index (χ1) is 10.3. The topological polar surface area (TPSA) is 86.7 Å². The Morgan fingerprint density at radius 3 is 2.86 bits per heavy atom. The lowest BCUT2D eigenvalue weighted by Gasteiger charge is -2.26. The number of thiophene rings is 1. The molecule has 0 aromatic carbocycles. The lowest BCUT2D eigenvalue weighted by atomic mass is 9.88. The van der Waals surface area contributed by atoms with Crippen LogP contribution < -0.4 is 4.72 Å². The van der Waals surface area contributed by atoms with Gasteiger partial charge in [0, 0.05) is 12.5 Å². The van der Waals surface area contributed by atoms with Gasteiger partial charge >= 0.3 is 0 Å². The lowest BCUT2D eigenvalue weighted by molar-refractivity contribution is -0.130. The molecule has 122 valence electrons. The smallest absolute Gasteiger partial charge is 0.250 e. The zero-order valence-corrected chi connectivity index (χ0v) is 14.0. The van der Waals surface area contributed by atoms with Crippen LogP contribution in [0.15, 0.2) is 21.7 Å². The Labute approximate surface area is 134 Å². The van der Waals surface area contributed by atoms with E-state index in [1.165, 1.54) is 6.07 Å². The van der Waals surface area contributed by atoms with Crippen LogP contribution in [-0.2, 0) is 14.8 Å². The monoisotopic (exact) mass is 344 g/mol. The maximum Gasteiger partial charge on any atom is 0.250 e. The molecule has 0 unspecified atom stereocenters. The van der Waals surface area contributed by atoms with Crippen molar-refractivity contribution in [3.8, 4) is 0 Å². The predicted octanol–water partition coefficient (Wildman–Crippen LogP) is 0.646. The van der Waals surface area contributed by atoms with E-state index in [1.807, 2.05) is 6.92 Å². The van der Waals surface area contributed by atoms with Crippen molar-refractivity contribution in [2.24, 2.45) is 11.8 Å². The number of aliphatic hydroxyl groups is 1. The van der Waals surface area contributed by atoms with E-state index in [-0.39, 0.29) is 28.5 Å². The quantitative estimate of drug-likeness (QED) is 0.821. The summed E-state index contributed by atoms with van der Waals surface area (Å²) in [7, 11) is -3.63. The van der Waals surface area contributed by atoms with Gasteiger partial charge in [0.05, 0.1) is 18.7 Å². The average Bonchev–Trinajstić information content (AvgIpc) is 3.08. The summed E-state index contributed by atoms with van der Waals surface area (Å²) < 4.78 is 26.5. The van der Waals surface area contributed by atoms with Crippen molar-refractivity contribution in [1.82, 2.24) is 9.62 Å². The van der Waals surface area contributed by atoms with Crippen molar-refractivity contribution in [2.45, 2.75) is 29.6 Å². The number of hydrogen-bond donors (Lipinski definition) is 2. The SMILES string of the molecule is C[C@@H]1CN(C(=O)CNS(=O)(=O)c2cccs2)C[C@@]1(O)C1CC1. The van der Waals surface area contributed by atoms with Crippen molar-refractivity contribution in [3.05, 3.63) is 17.5 Å². The van der Waals surface area contributed by atoms with Crippen LogP contribution in [0.1, 0.15) is 19.8 Å². The summed E-state index contributed by atoms with van der Waals surface area (Å²) in [5.74, 6) is 0.0181. The van der Waals surface area contributed by atoms with Crippen LogP contribution in [0.5, 0.6) is 0 Å². The molecule has 1 aliphatic heterocycles. The molecule has 0 spiro atoms. The van der Waals surface area contributed by atoms with Crippen molar-refractivity contribution < 1.29 is 18.3 Å². The van der Waals surface area contributed by atoms with E-state index < -0.39 is 15.6 Å². The van der Waals surface area contributed by atoms with Crippen LogP contribution in [0.4, 0.5) is 0 Å². The zero-order valence-electron chi connectivity index (χ0n) is 12.4. The van der Waals surface area contributed by atoms with E-state index in [0.717, 1.165) is 24.2 Å². The Kier molecular flexibility index (Phi) is 4.05. The highest BCUT2D eigenvalue weighted by Crippen LogP contribution is 2.46. The summed E-state index contributed by atoms with van der Waals surface area (Å²) in [5, 5.41) is 12.3. The summed E-state index contributed by atoms with van der Waals surface area (Å²) >= 11 is 1.11. The number of rotatable bonds is 5. The van der Waals surface area contributed by atoms with Crippen molar-refractivity contribution in [3.63, 3.8) is 0 Å². The highest BCUT2D eigenvalue weighted by Gasteiger charge is 2.53. The number of likely N-dealkylation sites (tertiary alicyclic amines) is 1. The van der Waals surface area contributed by atoms with E-state index in [4.69, 9.17) is 0 Å². The van der Waals surface area contributed by atoms with Crippen molar-refractivity contribution in [1.29, 1.82) is 0 Å². The molecule has 2 heterocycles. The fourth-order valence-corrected chi connectivity index (χ4v) is 5.09. The predicted molar refractivity (Wildman–Crippen MR) is 82.9 cm³/mol. The average molecular weight is 344 g/mol. The number of carbonyl (C=O) groups excluding carboxylic acids is 1. The third-order valence-electron chi connectivity index (χ3n) is 4.60. The van der Waals surface area contributed by atoms with Gasteiger partial charge in [-0.2, -0.15) is 0 Å². The first-order valence-electron chi connectivity index (χ1n) is 7.36. The van der Waals surface area contributed by atoms with Gasteiger partial charge in [-0.15, -0.1) is 11.3 Å². The Morgan fingerprint density at radius 2 is 2.27 bits per heavy atom. The summed E-state index contributed by atoms with van der Waals surface area (Å²) in [4.78, 5) is 13.8. The van der Waals surface area contributed by atoms with Gasteiger partial charge in [-0.1, -0.05) is 13.0 Å². The number of amides is 1. The van der Waals surface area contributed by atoms with Crippen molar-refractivity contribution >= 4 is 27.3 Å². The minimum absolute atomic E-state index is 0.0258. The van der Waals surface area contributed by atoms with E-state index in [9.17, 15) is 18.3 Å². The standard InChI is InChI=1S/C14H20N2O4S2/c1-10-8-16(9-14(10,18)11-4-5-11)12(17)7-15-22(19,20)13-3-2-6-21-13/h2-3,6,10-11,15,18H,4-5,7-9H2,1H3/t10-,14+/m1/s1. The van der Waals surface area contributed by atoms with Gasteiger partial charge in [-0.25, -0.2) is 13.1 Å². The van der Waals surface area contributed by atoms with Crippen LogP contribution in [0.3, 0.4) is 0 Å². The third-order valence-corrected chi connectivity index (χ3v) is 7.40. The first kappa shape index (κ1) is 15.9. The zero-order chi connectivity index (χ0) is 16.0. The van der Waals surface area contributed by atoms with Crippen LogP contribution in [0, 0.1) is 11.8 Å². The van der Waals surface area contributed by atoms with Gasteiger partial charge in [0.15, 0.2) is 0 Å². The fourth-order valence-electron chi connectivity index (χ4n) is 3.08. The van der Waals surface area contributed by atoms with E-state index in [1.54, 1.807) is 16.3 Å². The normalized spacial score (nSPS) is 29.0. The molecule has 8 heteroatoms. The third kappa shape index (κ3) is 2.92. The molecule has 0 bridgehead atoms. The molecule has 1 aromatic rings. The molecule has 1 saturated heterocycles. The molecule has 1 aromatic heterocycles. The number of β-amino-alcohol motifs (C(OH)–C–C–N with tert-alkyl or cyclic N) is 1. The van der Waals surface area contributed by atoms with Gasteiger partial charge in [0.1, 0.15) is 4.21 Å². The maximum absolute atomic E-state index is 12.2. The molecule has 6 nitrogen and oxygen atoms in total. The minimum atomic E-state index is -3.63. The van der Waals surface area contributed by atoms with E-state index in [0.29, 0.717) is 13.1 Å². The number of nitrogens with zero attached hydrogens (tertiary/aromatic N) is 1. The second kappa shape index (κ2) is 5.59. The van der Waals surface area contributed by atoms with Crippen LogP contribution in [-0.4, -0.2) is 49.6 Å². The Morgan fingerprint density at radius 1 is 1.55 bits per heavy atom. The number of nitrogens with one attached hydrogen (secondary N) is 1. The van der Waals surface area contributed by atoms with Gasteiger partial charge in [-0.05, 0) is 30.2 Å². The molecule has 2 atom stereocenters. The molecule has 1 saturated carbocycles. The lowest BCUT2D eigenvalue weighted by Crippen LogP contribution is -2.43. The fraction of sp³-hybridized carbons (Fsp3) is 0.643. The number of carbonyl (C=O) groups is 1. The first-order valence-corrected chi connectivity index (χ1v) is 9.72. The molecule has 2 aliphatic rings. The summed E-state index contributed by atoms with van der Waals surface area (Å²) in [6.07, 6.45) is 2.02. The Balaban J connectivity index is 1.59. The Bertz CT molecular complexity index is 654. The molecule has 22 heavy (non-hydrogen) atoms. The van der Waals surface area contributed by atoms with Crippen LogP contribution >= 0.6 is 11.3 Å². The van der Waals surface area contributed by atoms with Gasteiger partial charge in [0.25, 0.3) is 10.0 Å². The highest BCUT2D eigenvalue weighted by atomic mass is 32.2. The van der Waals surface area contributed by atoms with E-state index >= 15 is 0 Å². The molecular formula is C14H20N2O4S2. The molecule has 3 rings (SSSR count). The molecular weight excluding hydrogens is 324 g/mol. The molecule has 1 aliphatic carbocycles. The van der Waals surface area contributed by atoms with Gasteiger partial charge < -0.3 is 10.0 Å². The number of hydrogen-bond acceptors (Lipinski definition) is 5. The minimum Gasteiger partial charge on any atom is -0.387 e. The molecule has 2 fully saturated rings. The summed E-state index contributed by atoms with van der Waals surface area (Å²) in [6.45, 7) is 2.46. The maximum atomic E-state index is 12.2. The van der Waals surface area contributed by atoms with Crippen LogP contribution in [0.25, 0.3) is 0 Å². The molecule has 1 amide bonds. The largest absolute Gasteiger partial charge is 0.387 e. The number of sulfonamides is 1. The van der Waals surface area contributed by atoms with Gasteiger partial charge in [0.2, 0.25) is 5.91 Å². The van der Waals surface area contributed by atoms with Crippen LogP contribution in [0.2, 0.25) is 0 Å². The second-order valence-electron chi connectivity index (χ2n) is 6.20. The van der Waals surface area contributed by atoms with Gasteiger partial charge in [-0.3, -0.25) is 4.79 Å². The summed E-state index contributed by atoms with van der Waals surface area (Å²) in [6, 6.07) is 3.15. The summed E-state index contributed by atoms with van der Waals surface area (Å²) in [5.41, 5.74) is -0.803. The second-order valence-corrected chi connectivity index (χ2v) is 9.14. The highest BCUT2D eigenvalue weighted by molar-refractivity contribution is 7.91.